The van der Waals surface area contributed by atoms with Crippen molar-refractivity contribution in [1.82, 2.24) is 9.66 Å². The van der Waals surface area contributed by atoms with Crippen LogP contribution in [0.5, 0.6) is 11.5 Å². The van der Waals surface area contributed by atoms with E-state index in [-0.39, 0.29) is 34.6 Å². The molecule has 0 unspecified atom stereocenters. The lowest BCUT2D eigenvalue weighted by molar-refractivity contribution is -0.118. The Hall–Kier alpha value is -5.00. The third-order valence-electron chi connectivity index (χ3n) is 6.62. The van der Waals surface area contributed by atoms with Crippen LogP contribution in [-0.2, 0) is 4.79 Å². The van der Waals surface area contributed by atoms with Crippen molar-refractivity contribution < 1.29 is 23.1 Å². The maximum absolute atomic E-state index is 13.7. The molecule has 0 bridgehead atoms. The van der Waals surface area contributed by atoms with Crippen molar-refractivity contribution in [2.24, 2.45) is 5.10 Å². The molecule has 1 amide bonds. The number of benzene rings is 4. The average molecular weight is 690 g/mol. The van der Waals surface area contributed by atoms with Crippen LogP contribution in [0.25, 0.3) is 33.5 Å². The molecule has 0 saturated heterocycles. The highest BCUT2D eigenvalue weighted by atomic mass is 79.9. The van der Waals surface area contributed by atoms with Gasteiger partial charge in [-0.1, -0.05) is 48.0 Å². The Balaban J connectivity index is 1.36. The zero-order valence-corrected chi connectivity index (χ0v) is 25.9. The summed E-state index contributed by atoms with van der Waals surface area (Å²) in [5.74, 6) is -0.0759. The van der Waals surface area contributed by atoms with Gasteiger partial charge in [0.15, 0.2) is 23.9 Å². The van der Waals surface area contributed by atoms with Gasteiger partial charge in [0.2, 0.25) is 5.82 Å². The van der Waals surface area contributed by atoms with Crippen LogP contribution in [0.15, 0.2) is 104 Å². The lowest BCUT2D eigenvalue weighted by atomic mass is 10.2. The molecule has 0 aliphatic rings. The first-order valence-corrected chi connectivity index (χ1v) is 14.9. The van der Waals surface area contributed by atoms with Gasteiger partial charge in [-0.3, -0.25) is 9.59 Å². The Morgan fingerprint density at radius 1 is 1.09 bits per heavy atom. The second-order valence-corrected chi connectivity index (χ2v) is 10.8. The molecule has 6 aromatic rings. The highest BCUT2D eigenvalue weighted by molar-refractivity contribution is 9.10. The monoisotopic (exact) mass is 688 g/mol. The maximum atomic E-state index is 13.7. The number of amides is 1. The molecule has 0 fully saturated rings. The van der Waals surface area contributed by atoms with E-state index in [2.05, 4.69) is 26.3 Å². The summed E-state index contributed by atoms with van der Waals surface area (Å²) in [6.45, 7) is 1.63. The maximum Gasteiger partial charge on any atom is 0.282 e. The molecule has 6 rings (SSSR count). The molecular formula is C33H23BrClFN4O5. The fourth-order valence-corrected chi connectivity index (χ4v) is 5.25. The lowest BCUT2D eigenvalue weighted by Crippen LogP contribution is -2.21. The molecule has 4 aromatic carbocycles. The van der Waals surface area contributed by atoms with Gasteiger partial charge in [0, 0.05) is 21.1 Å². The number of carbonyl (C=O) groups excluding carboxylic acids is 1. The van der Waals surface area contributed by atoms with Gasteiger partial charge >= 0.3 is 0 Å². The number of anilines is 1. The summed E-state index contributed by atoms with van der Waals surface area (Å²) in [5, 5.41) is 8.42. The van der Waals surface area contributed by atoms with Crippen LogP contribution in [0.1, 0.15) is 12.5 Å². The third kappa shape index (κ3) is 6.31. The molecule has 45 heavy (non-hydrogen) atoms. The SMILES string of the molecule is CCOc1cc(C=Nn2c(-c3cc4ccccc4o3)nc3ccccc3c2=O)c(Br)c(Cl)c1OCC(=O)Nc1cccc(F)c1. The van der Waals surface area contributed by atoms with Gasteiger partial charge in [0.1, 0.15) is 16.4 Å². The van der Waals surface area contributed by atoms with E-state index in [4.69, 9.17) is 30.5 Å². The van der Waals surface area contributed by atoms with Gasteiger partial charge < -0.3 is 19.2 Å². The van der Waals surface area contributed by atoms with E-state index in [1.165, 1.54) is 29.1 Å². The van der Waals surface area contributed by atoms with Crippen LogP contribution in [0.3, 0.4) is 0 Å². The lowest BCUT2D eigenvalue weighted by Gasteiger charge is -2.16. The number of carbonyl (C=O) groups is 1. The first-order chi connectivity index (χ1) is 21.8. The summed E-state index contributed by atoms with van der Waals surface area (Å²) < 4.78 is 32.6. The number of rotatable bonds is 9. The number of para-hydroxylation sites is 2. The van der Waals surface area contributed by atoms with E-state index in [1.54, 1.807) is 49.4 Å². The predicted molar refractivity (Wildman–Crippen MR) is 175 cm³/mol. The fourth-order valence-electron chi connectivity index (χ4n) is 4.60. The first-order valence-electron chi connectivity index (χ1n) is 13.7. The van der Waals surface area contributed by atoms with E-state index in [9.17, 15) is 14.0 Å². The Labute approximate surface area is 269 Å². The van der Waals surface area contributed by atoms with Gasteiger partial charge in [-0.05, 0) is 71.4 Å². The molecule has 0 saturated carbocycles. The Kier molecular flexibility index (Phi) is 8.63. The molecule has 0 aliphatic carbocycles. The second kappa shape index (κ2) is 12.9. The zero-order valence-electron chi connectivity index (χ0n) is 23.6. The average Bonchev–Trinajstić information content (AvgIpc) is 3.47. The molecule has 12 heteroatoms. The summed E-state index contributed by atoms with van der Waals surface area (Å²) in [6.07, 6.45) is 1.43. The number of fused-ring (bicyclic) bond motifs is 2. The highest BCUT2D eigenvalue weighted by Gasteiger charge is 2.20. The molecule has 2 heterocycles. The Bertz CT molecular complexity index is 2130. The van der Waals surface area contributed by atoms with E-state index in [0.29, 0.717) is 32.3 Å². The number of nitrogens with one attached hydrogen (secondary N) is 1. The van der Waals surface area contributed by atoms with Crippen LogP contribution < -0.4 is 20.3 Å². The fraction of sp³-hybridized carbons (Fsp3) is 0.0909. The van der Waals surface area contributed by atoms with Gasteiger partial charge in [-0.15, -0.1) is 0 Å². The highest BCUT2D eigenvalue weighted by Crippen LogP contribution is 2.42. The molecule has 9 nitrogen and oxygen atoms in total. The van der Waals surface area contributed by atoms with Crippen LogP contribution in [0, 0.1) is 5.82 Å². The smallest absolute Gasteiger partial charge is 0.282 e. The van der Waals surface area contributed by atoms with Crippen molar-refractivity contribution in [2.75, 3.05) is 18.5 Å². The minimum absolute atomic E-state index is 0.113. The normalized spacial score (nSPS) is 11.4. The van der Waals surface area contributed by atoms with Crippen LogP contribution in [-0.4, -0.2) is 35.0 Å². The quantitative estimate of drug-likeness (QED) is 0.156. The van der Waals surface area contributed by atoms with E-state index in [0.717, 1.165) is 5.39 Å². The van der Waals surface area contributed by atoms with E-state index in [1.807, 2.05) is 24.3 Å². The summed E-state index contributed by atoms with van der Waals surface area (Å²) in [7, 11) is 0. The standard InChI is InChI=1S/C33H23BrClFN4O5/c1-2-43-26-15-20(29(34)30(35)31(26)44-18-28(41)38-22-10-7-9-21(36)16-22)17-37-40-32(27-14-19-8-3-6-13-25(19)45-27)39-24-12-5-4-11-23(24)33(40)42/h3-17H,2,18H2,1H3,(H,38,41). The summed E-state index contributed by atoms with van der Waals surface area (Å²) in [5.41, 5.74) is 1.48. The number of furan rings is 1. The van der Waals surface area contributed by atoms with E-state index >= 15 is 0 Å². The van der Waals surface area contributed by atoms with Crippen LogP contribution in [0.4, 0.5) is 10.1 Å². The number of hydrogen-bond donors (Lipinski definition) is 1. The minimum Gasteiger partial charge on any atom is -0.490 e. The van der Waals surface area contributed by atoms with E-state index < -0.39 is 23.9 Å². The van der Waals surface area contributed by atoms with Crippen molar-refractivity contribution in [3.8, 4) is 23.1 Å². The Morgan fingerprint density at radius 3 is 2.69 bits per heavy atom. The molecule has 2 aromatic heterocycles. The van der Waals surface area contributed by atoms with Gasteiger partial charge in [0.05, 0.1) is 23.7 Å². The molecule has 0 atom stereocenters. The van der Waals surface area contributed by atoms with Crippen molar-refractivity contribution in [1.29, 1.82) is 0 Å². The summed E-state index contributed by atoms with van der Waals surface area (Å²) in [4.78, 5) is 30.9. The minimum atomic E-state index is -0.526. The zero-order chi connectivity index (χ0) is 31.5. The van der Waals surface area contributed by atoms with Crippen molar-refractivity contribution in [3.63, 3.8) is 0 Å². The first kappa shape index (κ1) is 30.0. The number of ether oxygens (including phenoxy) is 2. The molecule has 0 radical (unpaired) electrons. The van der Waals surface area contributed by atoms with Gasteiger partial charge in [-0.2, -0.15) is 9.78 Å². The second-order valence-electron chi connectivity index (χ2n) is 9.66. The topological polar surface area (TPSA) is 108 Å². The van der Waals surface area contributed by atoms with Crippen LogP contribution in [0.2, 0.25) is 5.02 Å². The van der Waals surface area contributed by atoms with Gasteiger partial charge in [-0.25, -0.2) is 9.37 Å². The molecule has 1 N–H and O–H groups in total. The number of halogens is 3. The predicted octanol–water partition coefficient (Wildman–Crippen LogP) is 7.66. The Morgan fingerprint density at radius 2 is 1.89 bits per heavy atom. The largest absolute Gasteiger partial charge is 0.490 e. The van der Waals surface area contributed by atoms with Crippen LogP contribution >= 0.6 is 27.5 Å². The number of nitrogens with zero attached hydrogens (tertiary/aromatic N) is 3. The van der Waals surface area contributed by atoms with Crippen molar-refractivity contribution in [3.05, 3.63) is 116 Å². The molecular weight excluding hydrogens is 667 g/mol. The number of hydrogen-bond acceptors (Lipinski definition) is 7. The molecule has 0 spiro atoms. The van der Waals surface area contributed by atoms with Gasteiger partial charge in [0.25, 0.3) is 11.5 Å². The third-order valence-corrected chi connectivity index (χ3v) is 8.07. The number of aromatic nitrogens is 2. The summed E-state index contributed by atoms with van der Waals surface area (Å²) >= 11 is 10.2. The summed E-state index contributed by atoms with van der Waals surface area (Å²) in [6, 6.07) is 23.4. The molecule has 226 valence electrons. The molecule has 0 aliphatic heterocycles. The van der Waals surface area contributed by atoms with Crippen molar-refractivity contribution >= 4 is 67.2 Å². The van der Waals surface area contributed by atoms with Crippen molar-refractivity contribution in [2.45, 2.75) is 6.92 Å².